The molecule has 4 rings (SSSR count). The Morgan fingerprint density at radius 1 is 1.17 bits per heavy atom. The van der Waals surface area contributed by atoms with Gasteiger partial charge >= 0.3 is 0 Å². The molecule has 1 aliphatic carbocycles. The molecule has 2 aliphatic heterocycles. The maximum atomic E-state index is 4.63. The van der Waals surface area contributed by atoms with Gasteiger partial charge in [-0.1, -0.05) is 0 Å². The Kier molecular flexibility index (Phi) is 2.77. The fourth-order valence-electron chi connectivity index (χ4n) is 3.33. The van der Waals surface area contributed by atoms with Crippen LogP contribution in [0.15, 0.2) is 0 Å². The van der Waals surface area contributed by atoms with Crippen molar-refractivity contribution in [3.05, 3.63) is 5.82 Å². The van der Waals surface area contributed by atoms with E-state index in [2.05, 4.69) is 19.6 Å². The van der Waals surface area contributed by atoms with Gasteiger partial charge in [0.2, 0.25) is 5.13 Å². The van der Waals surface area contributed by atoms with E-state index in [9.17, 15) is 0 Å². The second-order valence-corrected chi connectivity index (χ2v) is 6.68. The molecule has 2 atom stereocenters. The lowest BCUT2D eigenvalue weighted by molar-refractivity contribution is 0.188. The van der Waals surface area contributed by atoms with Crippen LogP contribution < -0.4 is 5.32 Å². The van der Waals surface area contributed by atoms with Gasteiger partial charge < -0.3 is 10.2 Å². The van der Waals surface area contributed by atoms with E-state index in [1.165, 1.54) is 51.6 Å². The fourth-order valence-corrected chi connectivity index (χ4v) is 4.05. The first-order valence-electron chi connectivity index (χ1n) is 7.23. The molecule has 5 heteroatoms. The maximum Gasteiger partial charge on any atom is 0.202 e. The third-order valence-corrected chi connectivity index (χ3v) is 5.19. The molecule has 1 aromatic rings. The van der Waals surface area contributed by atoms with Crippen LogP contribution in [0, 0.1) is 0 Å². The molecule has 0 unspecified atom stereocenters. The van der Waals surface area contributed by atoms with E-state index < -0.39 is 0 Å². The molecular formula is C13H20N4S. The van der Waals surface area contributed by atoms with Crippen LogP contribution in [-0.4, -0.2) is 39.4 Å². The average molecular weight is 264 g/mol. The largest absolute Gasteiger partial charge is 0.357 e. The van der Waals surface area contributed by atoms with Gasteiger partial charge in [-0.2, -0.15) is 4.37 Å². The number of piperidine rings is 1. The zero-order valence-corrected chi connectivity index (χ0v) is 11.5. The van der Waals surface area contributed by atoms with Crippen molar-refractivity contribution in [1.82, 2.24) is 14.3 Å². The van der Waals surface area contributed by atoms with Crippen molar-refractivity contribution in [1.29, 1.82) is 0 Å². The summed E-state index contributed by atoms with van der Waals surface area (Å²) in [6.45, 7) is 2.58. The van der Waals surface area contributed by atoms with Gasteiger partial charge in [-0.15, -0.1) is 0 Å². The first-order valence-corrected chi connectivity index (χ1v) is 8.00. The molecule has 1 N–H and O–H groups in total. The quantitative estimate of drug-likeness (QED) is 0.910. The van der Waals surface area contributed by atoms with Crippen molar-refractivity contribution >= 4 is 16.7 Å². The highest BCUT2D eigenvalue weighted by Crippen LogP contribution is 2.39. The minimum absolute atomic E-state index is 0.615. The van der Waals surface area contributed by atoms with Crippen LogP contribution in [0.5, 0.6) is 0 Å². The Hall–Kier alpha value is -0.680. The molecule has 98 valence electrons. The second-order valence-electron chi connectivity index (χ2n) is 5.93. The minimum atomic E-state index is 0.615. The number of aromatic nitrogens is 2. The van der Waals surface area contributed by atoms with E-state index >= 15 is 0 Å². The Morgan fingerprint density at radius 2 is 2.11 bits per heavy atom. The Balaban J connectivity index is 1.38. The highest BCUT2D eigenvalue weighted by atomic mass is 32.1. The molecular weight excluding hydrogens is 244 g/mol. The van der Waals surface area contributed by atoms with Gasteiger partial charge in [0.1, 0.15) is 5.82 Å². The average Bonchev–Trinajstić information content (AvgIpc) is 2.95. The Morgan fingerprint density at radius 3 is 3.00 bits per heavy atom. The fraction of sp³-hybridized carbons (Fsp3) is 0.846. The van der Waals surface area contributed by atoms with Gasteiger partial charge in [0.05, 0.1) is 0 Å². The smallest absolute Gasteiger partial charge is 0.202 e. The van der Waals surface area contributed by atoms with Crippen molar-refractivity contribution in [3.63, 3.8) is 0 Å². The third kappa shape index (κ3) is 2.14. The van der Waals surface area contributed by atoms with Gasteiger partial charge in [-0.25, -0.2) is 4.98 Å². The van der Waals surface area contributed by atoms with Crippen molar-refractivity contribution in [2.75, 3.05) is 18.4 Å². The Bertz CT molecular complexity index is 428. The molecule has 0 aromatic carbocycles. The van der Waals surface area contributed by atoms with Crippen LogP contribution in [0.1, 0.15) is 50.3 Å². The SMILES string of the molecule is C1C[C@H]2C[C@H](Nc3nc(C4CC4)ns3)CCN2C1. The van der Waals surface area contributed by atoms with E-state index in [0.29, 0.717) is 12.0 Å². The van der Waals surface area contributed by atoms with E-state index in [1.54, 1.807) is 11.5 Å². The van der Waals surface area contributed by atoms with Crippen LogP contribution in [0.2, 0.25) is 0 Å². The highest BCUT2D eigenvalue weighted by Gasteiger charge is 2.32. The van der Waals surface area contributed by atoms with Crippen LogP contribution in [0.4, 0.5) is 5.13 Å². The number of fused-ring (bicyclic) bond motifs is 1. The second kappa shape index (κ2) is 4.46. The van der Waals surface area contributed by atoms with Gasteiger partial charge in [0.15, 0.2) is 0 Å². The lowest BCUT2D eigenvalue weighted by Crippen LogP contribution is -2.42. The number of anilines is 1. The van der Waals surface area contributed by atoms with E-state index in [0.717, 1.165) is 17.0 Å². The molecule has 0 amide bonds. The molecule has 3 aliphatic rings. The van der Waals surface area contributed by atoms with Crippen LogP contribution in [0.25, 0.3) is 0 Å². The standard InChI is InChI=1S/C13H20N4S/c1-2-11-8-10(5-7-17(11)6-1)14-13-15-12(16-18-13)9-3-4-9/h9-11H,1-8H2,(H,14,15,16)/t10-,11+/m1/s1. The summed E-state index contributed by atoms with van der Waals surface area (Å²) >= 11 is 1.55. The highest BCUT2D eigenvalue weighted by molar-refractivity contribution is 7.09. The van der Waals surface area contributed by atoms with Crippen molar-refractivity contribution in [2.24, 2.45) is 0 Å². The predicted molar refractivity (Wildman–Crippen MR) is 73.1 cm³/mol. The zero-order valence-electron chi connectivity index (χ0n) is 10.6. The number of nitrogens with one attached hydrogen (secondary N) is 1. The normalized spacial score (nSPS) is 32.4. The molecule has 1 aromatic heterocycles. The van der Waals surface area contributed by atoms with Crippen molar-refractivity contribution in [2.45, 2.75) is 56.5 Å². The van der Waals surface area contributed by atoms with Crippen molar-refractivity contribution in [3.8, 4) is 0 Å². The predicted octanol–water partition coefficient (Wildman–Crippen LogP) is 2.45. The van der Waals surface area contributed by atoms with Crippen LogP contribution >= 0.6 is 11.5 Å². The zero-order chi connectivity index (χ0) is 11.9. The molecule has 2 saturated heterocycles. The van der Waals surface area contributed by atoms with Gasteiger partial charge in [0, 0.05) is 36.1 Å². The monoisotopic (exact) mass is 264 g/mol. The molecule has 18 heavy (non-hydrogen) atoms. The lowest BCUT2D eigenvalue weighted by atomic mass is 9.98. The summed E-state index contributed by atoms with van der Waals surface area (Å²) in [7, 11) is 0. The molecule has 1 saturated carbocycles. The molecule has 3 heterocycles. The van der Waals surface area contributed by atoms with Crippen molar-refractivity contribution < 1.29 is 0 Å². The Labute approximate surface area is 112 Å². The minimum Gasteiger partial charge on any atom is -0.357 e. The van der Waals surface area contributed by atoms with Gasteiger partial charge in [0.25, 0.3) is 0 Å². The first-order chi connectivity index (χ1) is 8.88. The molecule has 0 spiro atoms. The summed E-state index contributed by atoms with van der Waals surface area (Å²) in [6.07, 6.45) is 7.91. The summed E-state index contributed by atoms with van der Waals surface area (Å²) in [4.78, 5) is 7.30. The number of hydrogen-bond acceptors (Lipinski definition) is 5. The summed E-state index contributed by atoms with van der Waals surface area (Å²) in [5.74, 6) is 1.76. The van der Waals surface area contributed by atoms with Crippen LogP contribution in [0.3, 0.4) is 0 Å². The summed E-state index contributed by atoms with van der Waals surface area (Å²) in [5, 5.41) is 4.66. The third-order valence-electron chi connectivity index (χ3n) is 4.53. The van der Waals surface area contributed by atoms with Gasteiger partial charge in [-0.3, -0.25) is 0 Å². The summed E-state index contributed by atoms with van der Waals surface area (Å²) in [6, 6.07) is 1.44. The topological polar surface area (TPSA) is 41.1 Å². The first kappa shape index (κ1) is 11.2. The lowest BCUT2D eigenvalue weighted by Gasteiger charge is -2.34. The summed E-state index contributed by atoms with van der Waals surface area (Å²) in [5.41, 5.74) is 0. The van der Waals surface area contributed by atoms with Crippen LogP contribution in [-0.2, 0) is 0 Å². The number of hydrogen-bond donors (Lipinski definition) is 1. The molecule has 3 fully saturated rings. The van der Waals surface area contributed by atoms with E-state index in [-0.39, 0.29) is 0 Å². The van der Waals surface area contributed by atoms with E-state index in [1.807, 2.05) is 0 Å². The number of nitrogens with zero attached hydrogens (tertiary/aromatic N) is 3. The summed E-state index contributed by atoms with van der Waals surface area (Å²) < 4.78 is 4.47. The molecule has 0 bridgehead atoms. The number of rotatable bonds is 3. The van der Waals surface area contributed by atoms with Gasteiger partial charge in [-0.05, 0) is 45.1 Å². The maximum absolute atomic E-state index is 4.63. The molecule has 4 nitrogen and oxygen atoms in total. The molecule has 0 radical (unpaired) electrons. The van der Waals surface area contributed by atoms with E-state index in [4.69, 9.17) is 0 Å².